The highest BCUT2D eigenvalue weighted by Crippen LogP contribution is 2.01. The van der Waals surface area contributed by atoms with Crippen molar-refractivity contribution in [3.8, 4) is 0 Å². The first kappa shape index (κ1) is 13.9. The second-order valence-corrected chi connectivity index (χ2v) is 4.46. The summed E-state index contributed by atoms with van der Waals surface area (Å²) in [5.41, 5.74) is 0. The average molecular weight is 201 g/mol. The lowest BCUT2D eigenvalue weighted by atomic mass is 10.1. The molecule has 0 aliphatic carbocycles. The zero-order valence-corrected chi connectivity index (χ0v) is 10.5. The fourth-order valence-corrected chi connectivity index (χ4v) is 1.27. The Bertz CT molecular complexity index is 125. The highest BCUT2D eigenvalue weighted by molar-refractivity contribution is 4.63. The van der Waals surface area contributed by atoms with E-state index in [4.69, 9.17) is 4.74 Å². The summed E-state index contributed by atoms with van der Waals surface area (Å²) in [4.78, 5) is 0. The largest absolute Gasteiger partial charge is 0.377 e. The normalized spacial score (nSPS) is 15.9. The van der Waals surface area contributed by atoms with Crippen LogP contribution in [0.2, 0.25) is 0 Å². The van der Waals surface area contributed by atoms with E-state index < -0.39 is 0 Å². The molecule has 0 radical (unpaired) electrons. The molecule has 0 aromatic rings. The van der Waals surface area contributed by atoms with Gasteiger partial charge >= 0.3 is 0 Å². The van der Waals surface area contributed by atoms with E-state index in [9.17, 15) is 0 Å². The number of ether oxygens (including phenoxy) is 1. The lowest BCUT2D eigenvalue weighted by Gasteiger charge is -2.18. The van der Waals surface area contributed by atoms with E-state index in [-0.39, 0.29) is 0 Å². The smallest absolute Gasteiger partial charge is 0.0594 e. The predicted octanol–water partition coefficient (Wildman–Crippen LogP) is 2.83. The Kier molecular flexibility index (Phi) is 8.20. The van der Waals surface area contributed by atoms with Gasteiger partial charge in [0.05, 0.1) is 12.7 Å². The van der Waals surface area contributed by atoms with Crippen LogP contribution in [0.1, 0.15) is 47.5 Å². The van der Waals surface area contributed by atoms with Gasteiger partial charge in [-0.3, -0.25) is 0 Å². The maximum atomic E-state index is 5.65. The Balaban J connectivity index is 3.28. The van der Waals surface area contributed by atoms with Gasteiger partial charge in [-0.25, -0.2) is 0 Å². The van der Waals surface area contributed by atoms with Crippen LogP contribution >= 0.6 is 0 Å². The Labute approximate surface area is 89.4 Å². The molecule has 14 heavy (non-hydrogen) atoms. The molecule has 2 unspecified atom stereocenters. The summed E-state index contributed by atoms with van der Waals surface area (Å²) in [5.74, 6) is 0.697. The molecule has 2 nitrogen and oxygen atoms in total. The SMILES string of the molecule is CCCC(C)OCCNC(C)C(C)C. The summed E-state index contributed by atoms with van der Waals surface area (Å²) in [6.45, 7) is 12.8. The van der Waals surface area contributed by atoms with Crippen molar-refractivity contribution in [1.82, 2.24) is 5.32 Å². The number of hydrogen-bond acceptors (Lipinski definition) is 2. The minimum atomic E-state index is 0.413. The molecule has 1 N–H and O–H groups in total. The lowest BCUT2D eigenvalue weighted by Crippen LogP contribution is -2.33. The van der Waals surface area contributed by atoms with Gasteiger partial charge in [-0.1, -0.05) is 27.2 Å². The van der Waals surface area contributed by atoms with Crippen molar-refractivity contribution in [2.24, 2.45) is 5.92 Å². The van der Waals surface area contributed by atoms with Gasteiger partial charge in [0.1, 0.15) is 0 Å². The van der Waals surface area contributed by atoms with Crippen LogP contribution in [0.3, 0.4) is 0 Å². The van der Waals surface area contributed by atoms with Crippen LogP contribution in [-0.4, -0.2) is 25.3 Å². The molecule has 0 amide bonds. The molecule has 0 aromatic carbocycles. The molecule has 0 spiro atoms. The Hall–Kier alpha value is -0.0800. The maximum Gasteiger partial charge on any atom is 0.0594 e. The van der Waals surface area contributed by atoms with Gasteiger partial charge in [0, 0.05) is 12.6 Å². The first-order valence-electron chi connectivity index (χ1n) is 5.92. The second-order valence-electron chi connectivity index (χ2n) is 4.46. The zero-order chi connectivity index (χ0) is 11.0. The fraction of sp³-hybridized carbons (Fsp3) is 1.00. The van der Waals surface area contributed by atoms with Gasteiger partial charge in [0.25, 0.3) is 0 Å². The van der Waals surface area contributed by atoms with E-state index in [0.717, 1.165) is 13.2 Å². The minimum absolute atomic E-state index is 0.413. The topological polar surface area (TPSA) is 21.3 Å². The third kappa shape index (κ3) is 7.34. The number of hydrogen-bond donors (Lipinski definition) is 1. The molecule has 0 aliphatic rings. The van der Waals surface area contributed by atoms with Crippen molar-refractivity contribution in [3.63, 3.8) is 0 Å². The third-order valence-corrected chi connectivity index (χ3v) is 2.67. The van der Waals surface area contributed by atoms with Crippen LogP contribution in [0.5, 0.6) is 0 Å². The molecular weight excluding hydrogens is 174 g/mol. The summed E-state index contributed by atoms with van der Waals surface area (Å²) in [5, 5.41) is 3.45. The molecule has 0 rings (SSSR count). The quantitative estimate of drug-likeness (QED) is 0.610. The summed E-state index contributed by atoms with van der Waals surface area (Å²) >= 11 is 0. The predicted molar refractivity (Wildman–Crippen MR) is 62.6 cm³/mol. The second kappa shape index (κ2) is 8.25. The monoisotopic (exact) mass is 201 g/mol. The van der Waals surface area contributed by atoms with Gasteiger partial charge in [-0.2, -0.15) is 0 Å². The average Bonchev–Trinajstić information content (AvgIpc) is 2.12. The van der Waals surface area contributed by atoms with E-state index in [1.807, 2.05) is 0 Å². The van der Waals surface area contributed by atoms with E-state index in [1.54, 1.807) is 0 Å². The first-order valence-corrected chi connectivity index (χ1v) is 5.92. The first-order chi connectivity index (χ1) is 6.57. The molecule has 0 aliphatic heterocycles. The molecule has 2 heteroatoms. The van der Waals surface area contributed by atoms with E-state index >= 15 is 0 Å². The van der Waals surface area contributed by atoms with Crippen molar-refractivity contribution in [2.45, 2.75) is 59.6 Å². The number of rotatable bonds is 8. The summed E-state index contributed by atoms with van der Waals surface area (Å²) < 4.78 is 5.65. The molecule has 0 heterocycles. The summed E-state index contributed by atoms with van der Waals surface area (Å²) in [6, 6.07) is 0.583. The highest BCUT2D eigenvalue weighted by Gasteiger charge is 2.05. The third-order valence-electron chi connectivity index (χ3n) is 2.67. The number of nitrogens with one attached hydrogen (secondary N) is 1. The van der Waals surface area contributed by atoms with Gasteiger partial charge in [-0.15, -0.1) is 0 Å². The Morgan fingerprint density at radius 2 is 1.79 bits per heavy atom. The van der Waals surface area contributed by atoms with E-state index in [1.165, 1.54) is 12.8 Å². The van der Waals surface area contributed by atoms with Gasteiger partial charge in [0.2, 0.25) is 0 Å². The molecule has 2 atom stereocenters. The molecule has 0 saturated heterocycles. The molecule has 0 saturated carbocycles. The van der Waals surface area contributed by atoms with Gasteiger partial charge in [-0.05, 0) is 26.2 Å². The summed E-state index contributed by atoms with van der Waals surface area (Å²) in [6.07, 6.45) is 2.78. The van der Waals surface area contributed by atoms with Crippen LogP contribution in [0.4, 0.5) is 0 Å². The molecule has 86 valence electrons. The van der Waals surface area contributed by atoms with Crippen molar-refractivity contribution in [2.75, 3.05) is 13.2 Å². The Morgan fingerprint density at radius 3 is 2.29 bits per heavy atom. The minimum Gasteiger partial charge on any atom is -0.377 e. The van der Waals surface area contributed by atoms with Crippen molar-refractivity contribution in [3.05, 3.63) is 0 Å². The maximum absolute atomic E-state index is 5.65. The van der Waals surface area contributed by atoms with Crippen LogP contribution in [0.15, 0.2) is 0 Å². The van der Waals surface area contributed by atoms with Crippen molar-refractivity contribution >= 4 is 0 Å². The summed E-state index contributed by atoms with van der Waals surface area (Å²) in [7, 11) is 0. The van der Waals surface area contributed by atoms with Crippen molar-refractivity contribution < 1.29 is 4.74 Å². The van der Waals surface area contributed by atoms with Crippen LogP contribution in [-0.2, 0) is 4.74 Å². The standard InChI is InChI=1S/C12H27NO/c1-6-7-11(4)14-9-8-13-12(5)10(2)3/h10-13H,6-9H2,1-5H3. The van der Waals surface area contributed by atoms with Gasteiger partial charge in [0.15, 0.2) is 0 Å². The van der Waals surface area contributed by atoms with Gasteiger partial charge < -0.3 is 10.1 Å². The highest BCUT2D eigenvalue weighted by atomic mass is 16.5. The molecule has 0 aromatic heterocycles. The molecule has 0 bridgehead atoms. The molecular formula is C12H27NO. The van der Waals surface area contributed by atoms with Crippen LogP contribution < -0.4 is 5.32 Å². The van der Waals surface area contributed by atoms with Crippen LogP contribution in [0.25, 0.3) is 0 Å². The van der Waals surface area contributed by atoms with E-state index in [0.29, 0.717) is 18.1 Å². The zero-order valence-electron chi connectivity index (χ0n) is 10.5. The Morgan fingerprint density at radius 1 is 1.14 bits per heavy atom. The lowest BCUT2D eigenvalue weighted by molar-refractivity contribution is 0.0601. The van der Waals surface area contributed by atoms with E-state index in [2.05, 4.69) is 39.9 Å². The molecule has 0 fully saturated rings. The fourth-order valence-electron chi connectivity index (χ4n) is 1.27. The van der Waals surface area contributed by atoms with Crippen molar-refractivity contribution in [1.29, 1.82) is 0 Å². The van der Waals surface area contributed by atoms with Crippen LogP contribution in [0, 0.1) is 5.92 Å².